The standard InChI is InChI=1S/C23H35N5.2ClH.Mn.3H2/c1-16-18-12-7-13-19(28-18)17(2)27-23-11-6-4-9-21(23)25-15-14-24-20-8-3-5-10-22(20)26-16;;;;;;/h7,12-13,16-17,20-23H,3-6,8-11,14-15H2,1-2H3;2*1H;;3*1H/q-4;;;+2;;;/p-2/t16-,17+,20-,21?,22-,23?;;;;;;/m1....../s1. The Hall–Kier alpha value is 0.0895. The van der Waals surface area contributed by atoms with Gasteiger partial charge in [-0.15, -0.1) is 0 Å². The number of nitrogens with zero attached hydrogens (tertiary/aromatic N) is 5. The largest absolute Gasteiger partial charge is 0 e. The van der Waals surface area contributed by atoms with Crippen molar-refractivity contribution in [3.8, 4) is 0 Å². The molecule has 2 unspecified atom stereocenters. The van der Waals surface area contributed by atoms with Crippen molar-refractivity contribution in [3.05, 3.63) is 50.9 Å². The van der Waals surface area contributed by atoms with Crippen LogP contribution in [0.5, 0.6) is 0 Å². The van der Waals surface area contributed by atoms with Crippen LogP contribution < -0.4 is 0 Å². The van der Waals surface area contributed by atoms with Crippen molar-refractivity contribution in [1.29, 1.82) is 0 Å². The van der Waals surface area contributed by atoms with Gasteiger partial charge < -0.3 is 21.3 Å². The zero-order valence-corrected chi connectivity index (χ0v) is 21.3. The first-order chi connectivity index (χ1) is 15.1. The molecule has 1 aromatic heterocycles. The third-order valence-electron chi connectivity index (χ3n) is 6.69. The molecule has 1 aliphatic heterocycles. The number of aromatic nitrogens is 1. The van der Waals surface area contributed by atoms with Crippen LogP contribution in [0.3, 0.4) is 0 Å². The van der Waals surface area contributed by atoms with Gasteiger partial charge in [-0.1, -0.05) is 83.4 Å². The minimum absolute atomic E-state index is 0. The molecule has 2 aliphatic carbocycles. The third-order valence-corrected chi connectivity index (χ3v) is 6.69. The summed E-state index contributed by atoms with van der Waals surface area (Å²) in [6.45, 7) is 6.06. The maximum Gasteiger partial charge on any atom is 0 e. The summed E-state index contributed by atoms with van der Waals surface area (Å²) in [5.41, 5.74) is 2.15. The summed E-state index contributed by atoms with van der Waals surface area (Å²) in [4.78, 5) is 4.97. The molecule has 8 heteroatoms. The van der Waals surface area contributed by atoms with Gasteiger partial charge in [-0.05, 0) is 12.1 Å². The zero-order valence-electron chi connectivity index (χ0n) is 18.6. The summed E-state index contributed by atoms with van der Waals surface area (Å²) in [5.74, 6) is 0. The maximum absolute atomic E-state index is 5.16. The van der Waals surface area contributed by atoms with Gasteiger partial charge in [0.2, 0.25) is 0 Å². The summed E-state index contributed by atoms with van der Waals surface area (Å²) < 4.78 is 0. The number of rotatable bonds is 0. The zero-order chi connectivity index (χ0) is 22.1. The van der Waals surface area contributed by atoms with Crippen molar-refractivity contribution in [2.24, 2.45) is 0 Å². The Bertz CT molecular complexity index is 618. The summed E-state index contributed by atoms with van der Waals surface area (Å²) in [6.07, 6.45) is 9.76. The van der Waals surface area contributed by atoms with Crippen LogP contribution in [0.15, 0.2) is 18.2 Å². The normalized spacial score (nSPS) is 34.7. The fourth-order valence-electron chi connectivity index (χ4n) is 5.07. The Labute approximate surface area is 207 Å². The van der Waals surface area contributed by atoms with Gasteiger partial charge in [0.1, 0.15) is 0 Å². The van der Waals surface area contributed by atoms with Gasteiger partial charge in [0.15, 0.2) is 0 Å². The van der Waals surface area contributed by atoms with Gasteiger partial charge in [-0.3, -0.25) is 4.98 Å². The average Bonchev–Trinajstić information content (AvgIpc) is 2.79. The van der Waals surface area contributed by atoms with Crippen LogP contribution >= 0.6 is 20.2 Å². The first kappa shape index (κ1) is 25.7. The molecule has 0 N–H and O–H groups in total. The quantitative estimate of drug-likeness (QED) is 0.321. The van der Waals surface area contributed by atoms with Crippen molar-refractivity contribution >= 4 is 20.2 Å². The second-order valence-electron chi connectivity index (χ2n) is 8.84. The molecule has 2 bridgehead atoms. The first-order valence-electron chi connectivity index (χ1n) is 11.7. The SMILES string of the molecule is C[C@@H]1[N-]C2CCCCC2[N-]CC[N-][C@@H]2CCCC[C@H]2[N-][C@H](C)c2cccc1n2.[Cl][Mn][Cl].[HH].[HH].[HH]. The van der Waals surface area contributed by atoms with Crippen LogP contribution in [0.4, 0.5) is 0 Å². The fourth-order valence-corrected chi connectivity index (χ4v) is 5.07. The number of fused-ring (bicyclic) bond motifs is 4. The van der Waals surface area contributed by atoms with E-state index in [1.165, 1.54) is 38.5 Å². The second-order valence-corrected chi connectivity index (χ2v) is 10.8. The van der Waals surface area contributed by atoms with Crippen molar-refractivity contribution in [2.75, 3.05) is 13.1 Å². The Morgan fingerprint density at radius 3 is 1.58 bits per heavy atom. The van der Waals surface area contributed by atoms with E-state index in [2.05, 4.69) is 32.0 Å². The van der Waals surface area contributed by atoms with Crippen LogP contribution in [-0.2, 0) is 13.1 Å². The van der Waals surface area contributed by atoms with Gasteiger partial charge >= 0.3 is 33.3 Å². The Balaban J connectivity index is 0.00000173. The molecule has 4 rings (SSSR count). The van der Waals surface area contributed by atoms with Crippen molar-refractivity contribution in [2.45, 2.75) is 101 Å². The molecule has 2 heterocycles. The monoisotopic (exact) mass is 512 g/mol. The number of pyridine rings is 1. The molecule has 0 amide bonds. The Morgan fingerprint density at radius 2 is 1.16 bits per heavy atom. The van der Waals surface area contributed by atoms with Gasteiger partial charge in [-0.2, -0.15) is 37.3 Å². The summed E-state index contributed by atoms with van der Waals surface area (Å²) in [7, 11) is 9.59. The molecule has 3 aliphatic rings. The van der Waals surface area contributed by atoms with E-state index in [1.807, 2.05) is 0 Å². The van der Waals surface area contributed by atoms with E-state index in [1.54, 1.807) is 0 Å². The van der Waals surface area contributed by atoms with Gasteiger partial charge in [-0.25, -0.2) is 0 Å². The molecule has 0 radical (unpaired) electrons. The molecule has 0 spiro atoms. The van der Waals surface area contributed by atoms with Crippen LogP contribution in [0.1, 0.15) is 93.0 Å². The summed E-state index contributed by atoms with van der Waals surface area (Å²) in [6, 6.07) is 8.00. The van der Waals surface area contributed by atoms with Gasteiger partial charge in [0.25, 0.3) is 0 Å². The van der Waals surface area contributed by atoms with Crippen molar-refractivity contribution in [1.82, 2.24) is 4.98 Å². The molecule has 5 nitrogen and oxygen atoms in total. The van der Waals surface area contributed by atoms with Crippen LogP contribution in [-0.4, -0.2) is 42.2 Å². The minimum Gasteiger partial charge on any atom is 0 e. The van der Waals surface area contributed by atoms with E-state index in [4.69, 9.17) is 46.4 Å². The van der Waals surface area contributed by atoms with E-state index in [9.17, 15) is 0 Å². The first-order valence-corrected chi connectivity index (χ1v) is 14.9. The van der Waals surface area contributed by atoms with Crippen LogP contribution in [0, 0.1) is 0 Å². The van der Waals surface area contributed by atoms with Crippen LogP contribution in [0.25, 0.3) is 21.3 Å². The summed E-state index contributed by atoms with van der Waals surface area (Å²) in [5, 5.41) is 20.4. The van der Waals surface area contributed by atoms with E-state index in [0.29, 0.717) is 24.2 Å². The Kier molecular flexibility index (Phi) is 11.4. The predicted molar refractivity (Wildman–Crippen MR) is 134 cm³/mol. The van der Waals surface area contributed by atoms with Crippen LogP contribution in [0.2, 0.25) is 0 Å². The maximum atomic E-state index is 5.16. The molecule has 0 saturated heterocycles. The molecule has 0 aromatic carbocycles. The smallest absolute Gasteiger partial charge is 0 e. The van der Waals surface area contributed by atoms with E-state index in [0.717, 1.165) is 37.3 Å². The molecular weight excluding hydrogens is 472 g/mol. The number of hydrogen-bond donors (Lipinski definition) is 0. The predicted octanol–water partition coefficient (Wildman–Crippen LogP) is 8.45. The fraction of sp³-hybridized carbons (Fsp3) is 0.783. The minimum atomic E-state index is 0. The van der Waals surface area contributed by atoms with Crippen molar-refractivity contribution in [3.63, 3.8) is 0 Å². The average molecular weight is 513 g/mol. The molecule has 2 saturated carbocycles. The molecular formula is C23H41Cl2MnN5-4. The van der Waals surface area contributed by atoms with Gasteiger partial charge in [0.05, 0.1) is 0 Å². The van der Waals surface area contributed by atoms with E-state index in [-0.39, 0.29) is 29.5 Å². The Morgan fingerprint density at radius 1 is 0.774 bits per heavy atom. The molecule has 183 valence electrons. The molecule has 1 aromatic rings. The van der Waals surface area contributed by atoms with Gasteiger partial charge in [0, 0.05) is 15.7 Å². The molecule has 2 fully saturated rings. The third kappa shape index (κ3) is 7.82. The molecule has 6 atom stereocenters. The summed E-state index contributed by atoms with van der Waals surface area (Å²) >= 11 is 0.00694. The second kappa shape index (κ2) is 13.7. The number of hydrogen-bond acceptors (Lipinski definition) is 1. The number of halogens is 2. The molecule has 31 heavy (non-hydrogen) atoms. The van der Waals surface area contributed by atoms with E-state index < -0.39 is 0 Å². The van der Waals surface area contributed by atoms with Crippen molar-refractivity contribution < 1.29 is 17.4 Å². The topological polar surface area (TPSA) is 69.3 Å². The van der Waals surface area contributed by atoms with E-state index >= 15 is 0 Å².